The van der Waals surface area contributed by atoms with Crippen LogP contribution in [0.5, 0.6) is 0 Å². The van der Waals surface area contributed by atoms with Crippen molar-refractivity contribution in [2.75, 3.05) is 49.1 Å². The van der Waals surface area contributed by atoms with Crippen molar-refractivity contribution in [3.05, 3.63) is 60.2 Å². The molecule has 1 fully saturated rings. The second-order valence-corrected chi connectivity index (χ2v) is 8.40. The number of nitrogens with one attached hydrogen (secondary N) is 1. The number of amides is 3. The Morgan fingerprint density at radius 2 is 1.62 bits per heavy atom. The van der Waals surface area contributed by atoms with Gasteiger partial charge in [0.1, 0.15) is 0 Å². The average molecular weight is 435 g/mol. The summed E-state index contributed by atoms with van der Waals surface area (Å²) in [5.41, 5.74) is 3.22. The lowest BCUT2D eigenvalue weighted by atomic mass is 9.96. The van der Waals surface area contributed by atoms with Crippen molar-refractivity contribution in [2.24, 2.45) is 0 Å². The zero-order valence-corrected chi connectivity index (χ0v) is 18.5. The number of nitrogens with zero attached hydrogens (tertiary/aromatic N) is 3. The lowest BCUT2D eigenvalue weighted by molar-refractivity contribution is -0.133. The van der Waals surface area contributed by atoms with E-state index < -0.39 is 0 Å². The Bertz CT molecular complexity index is 970. The number of fused-ring (bicyclic) bond motifs is 1. The first-order chi connectivity index (χ1) is 15.5. The number of carbonyl (C=O) groups is 3. The third kappa shape index (κ3) is 4.93. The SMILES string of the molecule is CC(=O)N1C[C@@H](CCC(=O)NCC(=O)N2CCN(c3ccccc3)CC2)c2ccccc21. The van der Waals surface area contributed by atoms with E-state index in [1.165, 1.54) is 5.69 Å². The van der Waals surface area contributed by atoms with Gasteiger partial charge in [-0.15, -0.1) is 0 Å². The molecule has 2 aliphatic heterocycles. The summed E-state index contributed by atoms with van der Waals surface area (Å²) in [5, 5.41) is 2.78. The fourth-order valence-corrected chi connectivity index (χ4v) is 4.57. The van der Waals surface area contributed by atoms with Crippen LogP contribution in [0, 0.1) is 0 Å². The summed E-state index contributed by atoms with van der Waals surface area (Å²) >= 11 is 0. The first-order valence-corrected chi connectivity index (χ1v) is 11.2. The molecule has 1 atom stereocenters. The van der Waals surface area contributed by atoms with E-state index in [2.05, 4.69) is 22.3 Å². The third-order valence-corrected chi connectivity index (χ3v) is 6.36. The summed E-state index contributed by atoms with van der Waals surface area (Å²) in [4.78, 5) is 42.7. The van der Waals surface area contributed by atoms with Gasteiger partial charge in [-0.1, -0.05) is 36.4 Å². The van der Waals surface area contributed by atoms with Crippen molar-refractivity contribution in [1.29, 1.82) is 0 Å². The third-order valence-electron chi connectivity index (χ3n) is 6.36. The van der Waals surface area contributed by atoms with E-state index >= 15 is 0 Å². The molecule has 2 aromatic carbocycles. The van der Waals surface area contributed by atoms with E-state index in [0.717, 1.165) is 24.3 Å². The molecule has 7 nitrogen and oxygen atoms in total. The fourth-order valence-electron chi connectivity index (χ4n) is 4.57. The molecular formula is C25H30N4O3. The molecule has 168 valence electrons. The second kappa shape index (κ2) is 9.85. The first-order valence-electron chi connectivity index (χ1n) is 11.2. The fraction of sp³-hybridized carbons (Fsp3) is 0.400. The zero-order valence-electron chi connectivity index (χ0n) is 18.5. The number of anilines is 2. The molecule has 1 saturated heterocycles. The van der Waals surface area contributed by atoms with Crippen LogP contribution in [0.15, 0.2) is 54.6 Å². The summed E-state index contributed by atoms with van der Waals surface area (Å²) in [5.74, 6) is -0.00923. The van der Waals surface area contributed by atoms with Crippen molar-refractivity contribution in [3.8, 4) is 0 Å². The number of piperazine rings is 1. The van der Waals surface area contributed by atoms with Crippen molar-refractivity contribution >= 4 is 29.1 Å². The van der Waals surface area contributed by atoms with Crippen molar-refractivity contribution in [2.45, 2.75) is 25.7 Å². The first kappa shape index (κ1) is 21.9. The summed E-state index contributed by atoms with van der Waals surface area (Å²) < 4.78 is 0. The van der Waals surface area contributed by atoms with E-state index in [0.29, 0.717) is 32.5 Å². The van der Waals surface area contributed by atoms with Crippen molar-refractivity contribution < 1.29 is 14.4 Å². The molecule has 32 heavy (non-hydrogen) atoms. The largest absolute Gasteiger partial charge is 0.368 e. The van der Waals surface area contributed by atoms with Crippen LogP contribution in [0.2, 0.25) is 0 Å². The molecule has 2 aromatic rings. The number of carbonyl (C=O) groups excluding carboxylic acids is 3. The lowest BCUT2D eigenvalue weighted by Gasteiger charge is -2.36. The number of hydrogen-bond donors (Lipinski definition) is 1. The van der Waals surface area contributed by atoms with Gasteiger partial charge in [-0.3, -0.25) is 14.4 Å². The smallest absolute Gasteiger partial charge is 0.242 e. The van der Waals surface area contributed by atoms with Gasteiger partial charge in [0.05, 0.1) is 6.54 Å². The molecule has 0 unspecified atom stereocenters. The molecule has 3 amide bonds. The molecular weight excluding hydrogens is 404 g/mol. The van der Waals surface area contributed by atoms with Crippen molar-refractivity contribution in [1.82, 2.24) is 10.2 Å². The van der Waals surface area contributed by atoms with Gasteiger partial charge in [-0.05, 0) is 30.2 Å². The highest BCUT2D eigenvalue weighted by Crippen LogP contribution is 2.38. The van der Waals surface area contributed by atoms with Gasteiger partial charge >= 0.3 is 0 Å². The predicted octanol–water partition coefficient (Wildman–Crippen LogP) is 2.38. The Balaban J connectivity index is 1.20. The maximum absolute atomic E-state index is 12.5. The highest BCUT2D eigenvalue weighted by atomic mass is 16.2. The number of para-hydroxylation sites is 2. The summed E-state index contributed by atoms with van der Waals surface area (Å²) in [6.45, 7) is 5.09. The predicted molar refractivity (Wildman–Crippen MR) is 125 cm³/mol. The van der Waals surface area contributed by atoms with Crippen LogP contribution in [0.25, 0.3) is 0 Å². The molecule has 0 spiro atoms. The maximum atomic E-state index is 12.5. The lowest BCUT2D eigenvalue weighted by Crippen LogP contribution is -2.51. The quantitative estimate of drug-likeness (QED) is 0.758. The second-order valence-electron chi connectivity index (χ2n) is 8.40. The molecule has 7 heteroatoms. The number of hydrogen-bond acceptors (Lipinski definition) is 4. The van der Waals surface area contributed by atoms with E-state index in [1.807, 2.05) is 47.4 Å². The molecule has 0 bridgehead atoms. The van der Waals surface area contributed by atoms with Crippen LogP contribution in [-0.4, -0.2) is 61.9 Å². The molecule has 1 N–H and O–H groups in total. The normalized spacial score (nSPS) is 17.8. The van der Waals surface area contributed by atoms with Crippen LogP contribution in [-0.2, 0) is 14.4 Å². The van der Waals surface area contributed by atoms with Gasteiger partial charge in [-0.25, -0.2) is 0 Å². The van der Waals surface area contributed by atoms with Crippen LogP contribution >= 0.6 is 0 Å². The zero-order chi connectivity index (χ0) is 22.5. The van der Waals surface area contributed by atoms with Crippen LogP contribution in [0.4, 0.5) is 11.4 Å². The Hall–Kier alpha value is -3.35. The molecule has 0 aliphatic carbocycles. The van der Waals surface area contributed by atoms with Crippen LogP contribution < -0.4 is 15.1 Å². The van der Waals surface area contributed by atoms with Gasteiger partial charge in [0.2, 0.25) is 17.7 Å². The van der Waals surface area contributed by atoms with Gasteiger partial charge in [0.25, 0.3) is 0 Å². The summed E-state index contributed by atoms with van der Waals surface area (Å²) in [6.07, 6.45) is 0.983. The van der Waals surface area contributed by atoms with E-state index in [-0.39, 0.29) is 30.2 Å². The summed E-state index contributed by atoms with van der Waals surface area (Å²) in [7, 11) is 0. The van der Waals surface area contributed by atoms with E-state index in [9.17, 15) is 14.4 Å². The minimum atomic E-state index is -0.125. The highest BCUT2D eigenvalue weighted by Gasteiger charge is 2.30. The number of benzene rings is 2. The Morgan fingerprint density at radius 1 is 0.938 bits per heavy atom. The topological polar surface area (TPSA) is 73.0 Å². The standard InChI is InChI=1S/C25H30N4O3/c1-19(30)29-18-20(22-9-5-6-10-23(22)29)11-12-24(31)26-17-25(32)28-15-13-27(14-16-28)21-7-3-2-4-8-21/h2-10,20H,11-18H2,1H3,(H,26,31)/t20-/m1/s1. The Kier molecular flexibility index (Phi) is 6.73. The monoisotopic (exact) mass is 434 g/mol. The summed E-state index contributed by atoms with van der Waals surface area (Å²) in [6, 6.07) is 18.1. The van der Waals surface area contributed by atoms with Gasteiger partial charge < -0.3 is 20.0 Å². The van der Waals surface area contributed by atoms with Gasteiger partial charge in [0.15, 0.2) is 0 Å². The van der Waals surface area contributed by atoms with Crippen LogP contribution in [0.3, 0.4) is 0 Å². The van der Waals surface area contributed by atoms with Crippen molar-refractivity contribution in [3.63, 3.8) is 0 Å². The molecule has 2 aliphatic rings. The van der Waals surface area contributed by atoms with Gasteiger partial charge in [0, 0.05) is 63.4 Å². The maximum Gasteiger partial charge on any atom is 0.242 e. The molecule has 4 rings (SSSR count). The highest BCUT2D eigenvalue weighted by molar-refractivity contribution is 5.94. The Morgan fingerprint density at radius 3 is 2.34 bits per heavy atom. The minimum Gasteiger partial charge on any atom is -0.368 e. The molecule has 0 radical (unpaired) electrons. The number of rotatable bonds is 6. The molecule has 0 aromatic heterocycles. The van der Waals surface area contributed by atoms with Crippen LogP contribution in [0.1, 0.15) is 31.2 Å². The average Bonchev–Trinajstić information content (AvgIpc) is 3.21. The Labute approximate surface area is 189 Å². The minimum absolute atomic E-state index is 0.0161. The molecule has 2 heterocycles. The molecule has 0 saturated carbocycles. The van der Waals surface area contributed by atoms with E-state index in [4.69, 9.17) is 0 Å². The van der Waals surface area contributed by atoms with E-state index in [1.54, 1.807) is 11.8 Å². The van der Waals surface area contributed by atoms with Gasteiger partial charge in [-0.2, -0.15) is 0 Å².